The predicted molar refractivity (Wildman–Crippen MR) is 57.2 cm³/mol. The number of carbonyl (C=O) groups excluding carboxylic acids is 1. The second-order valence-electron chi connectivity index (χ2n) is 3.47. The molecule has 15 heavy (non-hydrogen) atoms. The van der Waals surface area contributed by atoms with E-state index in [1.54, 1.807) is 11.3 Å². The van der Waals surface area contributed by atoms with E-state index in [9.17, 15) is 9.90 Å². The Morgan fingerprint density at radius 3 is 2.87 bits per heavy atom. The molecule has 0 spiro atoms. The number of rotatable bonds is 3. The van der Waals surface area contributed by atoms with E-state index in [0.717, 1.165) is 10.3 Å². The van der Waals surface area contributed by atoms with Crippen molar-refractivity contribution in [2.75, 3.05) is 0 Å². The van der Waals surface area contributed by atoms with Gasteiger partial charge in [0.1, 0.15) is 6.04 Å². The first-order chi connectivity index (χ1) is 7.16. The standard InChI is InChI=1S/C11H11NO2S/c12-9(11(13)14)6-8-5-7-3-1-2-4-10(7)15-8/h1-5,9H,6,12H2,(H,13,14)/t9-/m1/s1. The van der Waals surface area contributed by atoms with Gasteiger partial charge in [0.2, 0.25) is 0 Å². The normalized spacial score (nSPS) is 12.9. The van der Waals surface area contributed by atoms with Crippen molar-refractivity contribution in [3.63, 3.8) is 0 Å². The van der Waals surface area contributed by atoms with Gasteiger partial charge in [-0.1, -0.05) is 18.2 Å². The Bertz CT molecular complexity index is 459. The van der Waals surface area contributed by atoms with Gasteiger partial charge < -0.3 is 15.6 Å². The molecule has 0 aliphatic rings. The van der Waals surface area contributed by atoms with E-state index in [1.165, 1.54) is 4.70 Å². The molecule has 0 unspecified atom stereocenters. The fraction of sp³-hybridized carbons (Fsp3) is 0.182. The maximum absolute atomic E-state index is 10.5. The van der Waals surface area contributed by atoms with Crippen LogP contribution in [0.3, 0.4) is 0 Å². The Balaban J connectivity index is 2.26. The number of aliphatic carboxylic acids is 1. The topological polar surface area (TPSA) is 67.8 Å². The van der Waals surface area contributed by atoms with E-state index in [4.69, 9.17) is 0 Å². The van der Waals surface area contributed by atoms with Crippen molar-refractivity contribution in [3.8, 4) is 0 Å². The summed E-state index contributed by atoms with van der Waals surface area (Å²) in [5, 5.41) is 11.7. The average Bonchev–Trinajstić information content (AvgIpc) is 2.59. The summed E-state index contributed by atoms with van der Waals surface area (Å²) in [6.07, 6.45) is 0.446. The summed E-state index contributed by atoms with van der Waals surface area (Å²) in [6.45, 7) is 0. The highest BCUT2D eigenvalue weighted by Gasteiger charge is 2.10. The minimum Gasteiger partial charge on any atom is -0.544 e. The Morgan fingerprint density at radius 2 is 2.20 bits per heavy atom. The minimum absolute atomic E-state index is 0.446. The first-order valence-corrected chi connectivity index (χ1v) is 5.50. The van der Waals surface area contributed by atoms with Crippen molar-refractivity contribution in [2.45, 2.75) is 12.5 Å². The van der Waals surface area contributed by atoms with Gasteiger partial charge in [-0.3, -0.25) is 0 Å². The number of hydrogen-bond donors (Lipinski definition) is 1. The van der Waals surface area contributed by atoms with E-state index in [0.29, 0.717) is 6.42 Å². The Labute approximate surface area is 91.1 Å². The highest BCUT2D eigenvalue weighted by molar-refractivity contribution is 7.19. The van der Waals surface area contributed by atoms with Crippen LogP contribution >= 0.6 is 11.3 Å². The smallest absolute Gasteiger partial charge is 0.129 e. The Kier molecular flexibility index (Phi) is 2.70. The molecule has 78 valence electrons. The summed E-state index contributed by atoms with van der Waals surface area (Å²) in [5.41, 5.74) is 3.55. The fourth-order valence-electron chi connectivity index (χ4n) is 1.46. The summed E-state index contributed by atoms with van der Waals surface area (Å²) >= 11 is 1.61. The van der Waals surface area contributed by atoms with Crippen LogP contribution in [0, 0.1) is 0 Å². The lowest BCUT2D eigenvalue weighted by atomic mass is 10.2. The van der Waals surface area contributed by atoms with Crippen molar-refractivity contribution in [3.05, 3.63) is 35.2 Å². The fourth-order valence-corrected chi connectivity index (χ4v) is 2.61. The second-order valence-corrected chi connectivity index (χ2v) is 4.64. The molecule has 1 aromatic heterocycles. The van der Waals surface area contributed by atoms with Crippen LogP contribution in [0.15, 0.2) is 30.3 Å². The van der Waals surface area contributed by atoms with Crippen LogP contribution in [0.4, 0.5) is 0 Å². The number of carboxylic acid groups (broad SMARTS) is 1. The van der Waals surface area contributed by atoms with Crippen LogP contribution in [0.1, 0.15) is 4.88 Å². The largest absolute Gasteiger partial charge is 0.544 e. The molecule has 0 aliphatic carbocycles. The molecule has 0 radical (unpaired) electrons. The lowest BCUT2D eigenvalue weighted by molar-refractivity contribution is -0.436. The molecule has 2 aromatic rings. The van der Waals surface area contributed by atoms with Crippen LogP contribution in [-0.4, -0.2) is 12.0 Å². The molecule has 0 bridgehead atoms. The van der Waals surface area contributed by atoms with E-state index in [1.807, 2.05) is 30.3 Å². The van der Waals surface area contributed by atoms with Gasteiger partial charge in [0.15, 0.2) is 0 Å². The molecule has 0 saturated carbocycles. The third kappa shape index (κ3) is 2.16. The molecular formula is C11H11NO2S. The first-order valence-electron chi connectivity index (χ1n) is 4.68. The SMILES string of the molecule is [NH3+][C@H](Cc1cc2ccccc2s1)C(=O)[O-]. The van der Waals surface area contributed by atoms with Crippen LogP contribution in [-0.2, 0) is 11.2 Å². The van der Waals surface area contributed by atoms with Crippen LogP contribution in [0.25, 0.3) is 10.1 Å². The van der Waals surface area contributed by atoms with Gasteiger partial charge in [-0.25, -0.2) is 0 Å². The predicted octanol–water partition coefficient (Wildman–Crippen LogP) is -0.196. The first kappa shape index (κ1) is 10.1. The van der Waals surface area contributed by atoms with Gasteiger partial charge in [-0.15, -0.1) is 11.3 Å². The number of thiophene rings is 1. The zero-order chi connectivity index (χ0) is 10.8. The summed E-state index contributed by atoms with van der Waals surface area (Å²) < 4.78 is 1.18. The summed E-state index contributed by atoms with van der Waals surface area (Å²) in [7, 11) is 0. The highest BCUT2D eigenvalue weighted by Crippen LogP contribution is 2.25. The Morgan fingerprint density at radius 1 is 1.47 bits per heavy atom. The minimum atomic E-state index is -1.09. The van der Waals surface area contributed by atoms with E-state index in [-0.39, 0.29) is 0 Å². The lowest BCUT2D eigenvalue weighted by Gasteiger charge is -2.06. The third-order valence-corrected chi connectivity index (χ3v) is 3.40. The number of fused-ring (bicyclic) bond motifs is 1. The summed E-state index contributed by atoms with van der Waals surface area (Å²) in [6, 6.07) is 9.34. The van der Waals surface area contributed by atoms with Gasteiger partial charge in [-0.05, 0) is 17.5 Å². The molecule has 2 rings (SSSR count). The molecule has 3 N–H and O–H groups in total. The van der Waals surface area contributed by atoms with Crippen LogP contribution < -0.4 is 10.8 Å². The van der Waals surface area contributed by atoms with Crippen LogP contribution in [0.5, 0.6) is 0 Å². The lowest BCUT2D eigenvalue weighted by Crippen LogP contribution is -2.69. The highest BCUT2D eigenvalue weighted by atomic mass is 32.1. The number of carbonyl (C=O) groups is 1. The molecule has 0 fully saturated rings. The molecule has 1 heterocycles. The van der Waals surface area contributed by atoms with Gasteiger partial charge in [0.25, 0.3) is 0 Å². The molecule has 0 amide bonds. The van der Waals surface area contributed by atoms with Crippen LogP contribution in [0.2, 0.25) is 0 Å². The average molecular weight is 221 g/mol. The molecule has 1 atom stereocenters. The second kappa shape index (κ2) is 4.00. The monoisotopic (exact) mass is 221 g/mol. The van der Waals surface area contributed by atoms with Gasteiger partial charge in [0.05, 0.1) is 5.97 Å². The Hall–Kier alpha value is -1.39. The number of quaternary nitrogens is 1. The molecule has 4 heteroatoms. The van der Waals surface area contributed by atoms with Gasteiger partial charge in [0, 0.05) is 16.0 Å². The van der Waals surface area contributed by atoms with Crippen molar-refractivity contribution in [1.29, 1.82) is 0 Å². The number of hydrogen-bond acceptors (Lipinski definition) is 3. The van der Waals surface area contributed by atoms with E-state index >= 15 is 0 Å². The van der Waals surface area contributed by atoms with Crippen molar-refractivity contribution < 1.29 is 15.6 Å². The molecule has 0 aliphatic heterocycles. The number of benzene rings is 1. The molecular weight excluding hydrogens is 210 g/mol. The third-order valence-electron chi connectivity index (χ3n) is 2.26. The van der Waals surface area contributed by atoms with Gasteiger partial charge in [-0.2, -0.15) is 0 Å². The number of carboxylic acids is 1. The quantitative estimate of drug-likeness (QED) is 0.780. The van der Waals surface area contributed by atoms with Crippen molar-refractivity contribution in [2.24, 2.45) is 0 Å². The zero-order valence-corrected chi connectivity index (χ0v) is 8.92. The van der Waals surface area contributed by atoms with E-state index in [2.05, 4.69) is 5.73 Å². The summed E-state index contributed by atoms with van der Waals surface area (Å²) in [4.78, 5) is 11.6. The van der Waals surface area contributed by atoms with Crippen molar-refractivity contribution in [1.82, 2.24) is 0 Å². The maximum Gasteiger partial charge on any atom is 0.129 e. The molecule has 1 aromatic carbocycles. The van der Waals surface area contributed by atoms with Gasteiger partial charge >= 0.3 is 0 Å². The maximum atomic E-state index is 10.5. The molecule has 3 nitrogen and oxygen atoms in total. The summed E-state index contributed by atoms with van der Waals surface area (Å²) in [5.74, 6) is -1.09. The van der Waals surface area contributed by atoms with Crippen molar-refractivity contribution >= 4 is 27.4 Å². The van der Waals surface area contributed by atoms with E-state index < -0.39 is 12.0 Å². The molecule has 0 saturated heterocycles. The zero-order valence-electron chi connectivity index (χ0n) is 8.10.